The molecule has 29 heavy (non-hydrogen) atoms. The molecule has 8 nitrogen and oxygen atoms in total. The Kier molecular flexibility index (Phi) is 4.33. The molecule has 2 aromatic carbocycles. The highest BCUT2D eigenvalue weighted by molar-refractivity contribution is 6.07. The Morgan fingerprint density at radius 3 is 2.90 bits per heavy atom. The van der Waals surface area contributed by atoms with Gasteiger partial charge in [-0.25, -0.2) is 0 Å². The summed E-state index contributed by atoms with van der Waals surface area (Å²) >= 11 is 0. The van der Waals surface area contributed by atoms with E-state index in [1.807, 2.05) is 49.5 Å². The molecule has 2 aromatic heterocycles. The molecule has 1 saturated heterocycles. The van der Waals surface area contributed by atoms with Gasteiger partial charge < -0.3 is 14.2 Å². The normalized spacial score (nSPS) is 17.0. The largest absolute Gasteiger partial charge is 0.377 e. The van der Waals surface area contributed by atoms with Crippen LogP contribution in [0.2, 0.25) is 0 Å². The summed E-state index contributed by atoms with van der Waals surface area (Å²) in [6, 6.07) is 13.2. The van der Waals surface area contributed by atoms with Crippen molar-refractivity contribution >= 4 is 16.7 Å². The Morgan fingerprint density at radius 1 is 1.17 bits per heavy atom. The maximum Gasteiger partial charge on any atom is 0.261 e. The first-order chi connectivity index (χ1) is 14.2. The summed E-state index contributed by atoms with van der Waals surface area (Å²) in [5, 5.41) is 10.2. The number of rotatable bonds is 3. The first kappa shape index (κ1) is 17.6. The zero-order valence-electron chi connectivity index (χ0n) is 15.9. The summed E-state index contributed by atoms with van der Waals surface area (Å²) in [5.74, 6) is 0.733. The molecular weight excluding hydrogens is 370 g/mol. The second-order valence-corrected chi connectivity index (χ2v) is 6.98. The van der Waals surface area contributed by atoms with Gasteiger partial charge in [-0.15, -0.1) is 0 Å². The van der Waals surface area contributed by atoms with Gasteiger partial charge in [-0.2, -0.15) is 10.1 Å². The van der Waals surface area contributed by atoms with Gasteiger partial charge >= 0.3 is 0 Å². The number of hydrogen-bond donors (Lipinski definition) is 0. The lowest BCUT2D eigenvalue weighted by atomic mass is 10.0. The first-order valence-corrected chi connectivity index (χ1v) is 9.40. The molecule has 5 rings (SSSR count). The number of carbonyl (C=O) groups is 1. The fourth-order valence-corrected chi connectivity index (χ4v) is 3.65. The molecule has 8 heteroatoms. The van der Waals surface area contributed by atoms with E-state index in [4.69, 9.17) is 9.26 Å². The number of benzene rings is 2. The van der Waals surface area contributed by atoms with E-state index in [1.165, 1.54) is 0 Å². The summed E-state index contributed by atoms with van der Waals surface area (Å²) in [6.45, 7) is 1.26. The monoisotopic (exact) mass is 389 g/mol. The Labute approximate surface area is 166 Å². The number of fused-ring (bicyclic) bond motifs is 1. The molecule has 1 amide bonds. The number of aryl methyl sites for hydroxylation is 1. The Hall–Kier alpha value is -3.52. The van der Waals surface area contributed by atoms with Crippen LogP contribution in [0.15, 0.2) is 59.4 Å². The summed E-state index contributed by atoms with van der Waals surface area (Å²) < 4.78 is 12.7. The smallest absolute Gasteiger partial charge is 0.261 e. The van der Waals surface area contributed by atoms with Crippen molar-refractivity contribution in [1.29, 1.82) is 0 Å². The first-order valence-electron chi connectivity index (χ1n) is 9.40. The number of amides is 1. The van der Waals surface area contributed by atoms with E-state index in [2.05, 4.69) is 15.2 Å². The van der Waals surface area contributed by atoms with E-state index in [0.29, 0.717) is 37.0 Å². The number of nitrogens with zero attached hydrogens (tertiary/aromatic N) is 5. The van der Waals surface area contributed by atoms with Crippen molar-refractivity contribution in [3.8, 4) is 11.5 Å². The van der Waals surface area contributed by atoms with Crippen LogP contribution < -0.4 is 0 Å². The summed E-state index contributed by atoms with van der Waals surface area (Å²) in [6.07, 6.45) is 3.46. The van der Waals surface area contributed by atoms with Gasteiger partial charge in [0.15, 0.2) is 5.82 Å². The second-order valence-electron chi connectivity index (χ2n) is 6.98. The molecule has 0 bridgehead atoms. The van der Waals surface area contributed by atoms with E-state index >= 15 is 0 Å². The number of hydrogen-bond acceptors (Lipinski definition) is 6. The average molecular weight is 389 g/mol. The summed E-state index contributed by atoms with van der Waals surface area (Å²) in [5.41, 5.74) is 1.39. The Balaban J connectivity index is 1.49. The van der Waals surface area contributed by atoms with Gasteiger partial charge in [0.25, 0.3) is 11.8 Å². The molecule has 0 saturated carbocycles. The molecule has 1 atom stereocenters. The van der Waals surface area contributed by atoms with E-state index in [1.54, 1.807) is 22.0 Å². The lowest BCUT2D eigenvalue weighted by Crippen LogP contribution is -2.43. The average Bonchev–Trinajstić information content (AvgIpc) is 3.42. The molecule has 0 spiro atoms. The Morgan fingerprint density at radius 2 is 2.03 bits per heavy atom. The molecule has 1 aliphatic rings. The lowest BCUT2D eigenvalue weighted by molar-refractivity contribution is -0.00566. The lowest BCUT2D eigenvalue weighted by Gasteiger charge is -2.34. The van der Waals surface area contributed by atoms with Crippen molar-refractivity contribution in [2.24, 2.45) is 7.05 Å². The highest BCUT2D eigenvalue weighted by Gasteiger charge is 2.33. The van der Waals surface area contributed by atoms with Crippen LogP contribution in [0.25, 0.3) is 22.2 Å². The van der Waals surface area contributed by atoms with Gasteiger partial charge in [0.05, 0.1) is 25.0 Å². The van der Waals surface area contributed by atoms with Crippen LogP contribution in [0, 0.1) is 0 Å². The van der Waals surface area contributed by atoms with Crippen LogP contribution in [0.3, 0.4) is 0 Å². The van der Waals surface area contributed by atoms with Crippen molar-refractivity contribution < 1.29 is 14.1 Å². The minimum atomic E-state index is -0.413. The van der Waals surface area contributed by atoms with Crippen molar-refractivity contribution in [2.75, 3.05) is 19.8 Å². The highest BCUT2D eigenvalue weighted by atomic mass is 16.5. The maximum atomic E-state index is 13.4. The predicted molar refractivity (Wildman–Crippen MR) is 105 cm³/mol. The third-order valence-corrected chi connectivity index (χ3v) is 5.10. The van der Waals surface area contributed by atoms with Crippen LogP contribution in [0.5, 0.6) is 0 Å². The minimum absolute atomic E-state index is 0.0668. The molecule has 0 aliphatic carbocycles. The SMILES string of the molecule is Cn1cc(-c2nc([C@H]3COCCN3C(=O)c3cccc4ccccc34)no2)cn1. The van der Waals surface area contributed by atoms with Crippen molar-refractivity contribution in [3.05, 3.63) is 66.2 Å². The van der Waals surface area contributed by atoms with Crippen LogP contribution in [0.1, 0.15) is 22.2 Å². The van der Waals surface area contributed by atoms with E-state index in [0.717, 1.165) is 16.3 Å². The third-order valence-electron chi connectivity index (χ3n) is 5.10. The van der Waals surface area contributed by atoms with Gasteiger partial charge in [-0.3, -0.25) is 9.48 Å². The van der Waals surface area contributed by atoms with Gasteiger partial charge in [0, 0.05) is 25.4 Å². The van der Waals surface area contributed by atoms with Crippen LogP contribution in [-0.4, -0.2) is 50.5 Å². The Bertz CT molecular complexity index is 1180. The van der Waals surface area contributed by atoms with E-state index < -0.39 is 6.04 Å². The van der Waals surface area contributed by atoms with Gasteiger partial charge in [0.2, 0.25) is 0 Å². The zero-order chi connectivity index (χ0) is 19.8. The van der Waals surface area contributed by atoms with Crippen molar-refractivity contribution in [2.45, 2.75) is 6.04 Å². The van der Waals surface area contributed by atoms with Gasteiger partial charge in [-0.05, 0) is 16.8 Å². The van der Waals surface area contributed by atoms with Crippen molar-refractivity contribution in [1.82, 2.24) is 24.8 Å². The summed E-state index contributed by atoms with van der Waals surface area (Å²) in [4.78, 5) is 19.7. The molecule has 1 aliphatic heterocycles. The van der Waals surface area contributed by atoms with E-state index in [-0.39, 0.29) is 5.91 Å². The number of carbonyl (C=O) groups excluding carboxylic acids is 1. The summed E-state index contributed by atoms with van der Waals surface area (Å²) in [7, 11) is 1.82. The number of ether oxygens (including phenoxy) is 1. The maximum absolute atomic E-state index is 13.4. The quantitative estimate of drug-likeness (QED) is 0.536. The highest BCUT2D eigenvalue weighted by Crippen LogP contribution is 2.28. The predicted octanol–water partition coefficient (Wildman–Crippen LogP) is 2.84. The topological polar surface area (TPSA) is 86.3 Å². The third kappa shape index (κ3) is 3.17. The van der Waals surface area contributed by atoms with Crippen LogP contribution in [-0.2, 0) is 11.8 Å². The van der Waals surface area contributed by atoms with Gasteiger partial charge in [-0.1, -0.05) is 41.6 Å². The molecule has 0 N–H and O–H groups in total. The van der Waals surface area contributed by atoms with Crippen LogP contribution in [0.4, 0.5) is 0 Å². The van der Waals surface area contributed by atoms with E-state index in [9.17, 15) is 4.79 Å². The number of morpholine rings is 1. The molecule has 1 fully saturated rings. The molecule has 3 heterocycles. The number of aromatic nitrogens is 4. The van der Waals surface area contributed by atoms with Crippen molar-refractivity contribution in [3.63, 3.8) is 0 Å². The fourth-order valence-electron chi connectivity index (χ4n) is 3.65. The van der Waals surface area contributed by atoms with Gasteiger partial charge in [0.1, 0.15) is 6.04 Å². The minimum Gasteiger partial charge on any atom is -0.377 e. The second kappa shape index (κ2) is 7.14. The molecule has 146 valence electrons. The van der Waals surface area contributed by atoms with Crippen LogP contribution >= 0.6 is 0 Å². The molecule has 0 unspecified atom stereocenters. The molecule has 0 radical (unpaired) electrons. The standard InChI is InChI=1S/C21H19N5O3/c1-25-12-15(11-22-25)20-23-19(24-29-20)18-13-28-10-9-26(18)21(27)17-8-4-6-14-5-2-3-7-16(14)17/h2-8,11-12,18H,9-10,13H2,1H3/t18-/m1/s1. The zero-order valence-corrected chi connectivity index (χ0v) is 15.9. The molecule has 4 aromatic rings. The molecular formula is C21H19N5O3. The fraction of sp³-hybridized carbons (Fsp3) is 0.238.